The molecule has 0 spiro atoms. The van der Waals surface area contributed by atoms with E-state index in [9.17, 15) is 14.0 Å². The zero-order valence-corrected chi connectivity index (χ0v) is 15.5. The molecule has 6 nitrogen and oxygen atoms in total. The standard InChI is InChI=1S/C20H22FN3O3/c1-20(15-5-4-6-17(11-15)27-3)18(25)24(19(26)22-20)13-23(2)12-14-7-9-16(21)10-8-14/h4-11H,12-13H2,1-3H3,(H,22,26)/t20-/m1/s1. The number of rotatable bonds is 6. The number of amides is 3. The number of halogens is 1. The van der Waals surface area contributed by atoms with E-state index in [0.717, 1.165) is 5.56 Å². The van der Waals surface area contributed by atoms with Gasteiger partial charge >= 0.3 is 6.03 Å². The minimum Gasteiger partial charge on any atom is -0.497 e. The Labute approximate surface area is 157 Å². The fourth-order valence-corrected chi connectivity index (χ4v) is 3.15. The third-order valence-electron chi connectivity index (χ3n) is 4.67. The van der Waals surface area contributed by atoms with Crippen LogP contribution >= 0.6 is 0 Å². The van der Waals surface area contributed by atoms with E-state index in [2.05, 4.69) is 5.32 Å². The van der Waals surface area contributed by atoms with Gasteiger partial charge in [-0.25, -0.2) is 14.1 Å². The van der Waals surface area contributed by atoms with Gasteiger partial charge in [0.25, 0.3) is 5.91 Å². The van der Waals surface area contributed by atoms with E-state index in [1.54, 1.807) is 57.5 Å². The van der Waals surface area contributed by atoms with Gasteiger partial charge in [-0.05, 0) is 49.4 Å². The molecule has 7 heteroatoms. The monoisotopic (exact) mass is 371 g/mol. The largest absolute Gasteiger partial charge is 0.497 e. The molecule has 3 rings (SSSR count). The van der Waals surface area contributed by atoms with E-state index in [4.69, 9.17) is 4.74 Å². The Kier molecular flexibility index (Phi) is 5.14. The summed E-state index contributed by atoms with van der Waals surface area (Å²) in [7, 11) is 3.35. The zero-order valence-electron chi connectivity index (χ0n) is 15.5. The van der Waals surface area contributed by atoms with Gasteiger partial charge in [-0.15, -0.1) is 0 Å². The van der Waals surface area contributed by atoms with Crippen LogP contribution in [0.5, 0.6) is 5.75 Å². The second kappa shape index (κ2) is 7.36. The van der Waals surface area contributed by atoms with Crippen molar-refractivity contribution in [1.29, 1.82) is 0 Å². The van der Waals surface area contributed by atoms with E-state index in [1.165, 1.54) is 17.0 Å². The maximum absolute atomic E-state index is 13.0. The summed E-state index contributed by atoms with van der Waals surface area (Å²) in [5.74, 6) is -0.0149. The van der Waals surface area contributed by atoms with E-state index >= 15 is 0 Å². The number of imide groups is 1. The highest BCUT2D eigenvalue weighted by atomic mass is 19.1. The van der Waals surface area contributed by atoms with Crippen molar-refractivity contribution in [3.05, 3.63) is 65.5 Å². The highest BCUT2D eigenvalue weighted by molar-refractivity contribution is 6.07. The maximum atomic E-state index is 13.0. The average Bonchev–Trinajstić information content (AvgIpc) is 2.88. The molecule has 0 saturated carbocycles. The summed E-state index contributed by atoms with van der Waals surface area (Å²) in [4.78, 5) is 28.4. The van der Waals surface area contributed by atoms with Gasteiger partial charge in [0.1, 0.15) is 17.1 Å². The third-order valence-corrected chi connectivity index (χ3v) is 4.67. The van der Waals surface area contributed by atoms with Crippen molar-refractivity contribution in [3.63, 3.8) is 0 Å². The maximum Gasteiger partial charge on any atom is 0.326 e. The summed E-state index contributed by atoms with van der Waals surface area (Å²) < 4.78 is 18.2. The van der Waals surface area contributed by atoms with Crippen molar-refractivity contribution >= 4 is 11.9 Å². The van der Waals surface area contributed by atoms with Gasteiger partial charge in [-0.3, -0.25) is 9.69 Å². The van der Waals surface area contributed by atoms with Gasteiger partial charge in [0.05, 0.1) is 13.8 Å². The normalized spacial score (nSPS) is 19.5. The van der Waals surface area contributed by atoms with Crippen LogP contribution in [-0.2, 0) is 16.9 Å². The SMILES string of the molecule is COc1cccc([C@@]2(C)NC(=O)N(CN(C)Cc3ccc(F)cc3)C2=O)c1. The molecule has 0 unspecified atom stereocenters. The van der Waals surface area contributed by atoms with Crippen LogP contribution in [0.1, 0.15) is 18.1 Å². The Morgan fingerprint density at radius 1 is 1.19 bits per heavy atom. The molecule has 1 aliphatic rings. The predicted molar refractivity (Wildman–Crippen MR) is 98.5 cm³/mol. The molecule has 1 atom stereocenters. The smallest absolute Gasteiger partial charge is 0.326 e. The third kappa shape index (κ3) is 3.78. The van der Waals surface area contributed by atoms with Gasteiger partial charge < -0.3 is 10.1 Å². The van der Waals surface area contributed by atoms with Crippen molar-refractivity contribution in [3.8, 4) is 5.75 Å². The number of nitrogens with one attached hydrogen (secondary N) is 1. The zero-order chi connectivity index (χ0) is 19.6. The van der Waals surface area contributed by atoms with Crippen molar-refractivity contribution in [2.45, 2.75) is 19.0 Å². The van der Waals surface area contributed by atoms with Crippen LogP contribution in [0.3, 0.4) is 0 Å². The highest BCUT2D eigenvalue weighted by Gasteiger charge is 2.49. The number of carbonyl (C=O) groups excluding carboxylic acids is 2. The van der Waals surface area contributed by atoms with E-state index in [-0.39, 0.29) is 18.4 Å². The number of ether oxygens (including phenoxy) is 1. The molecule has 3 amide bonds. The molecule has 1 aliphatic heterocycles. The highest BCUT2D eigenvalue weighted by Crippen LogP contribution is 2.31. The van der Waals surface area contributed by atoms with Crippen LogP contribution in [0, 0.1) is 5.82 Å². The van der Waals surface area contributed by atoms with Crippen LogP contribution in [0.15, 0.2) is 48.5 Å². The molecule has 0 radical (unpaired) electrons. The molecule has 1 N–H and O–H groups in total. The predicted octanol–water partition coefficient (Wildman–Crippen LogP) is 2.69. The number of hydrogen-bond acceptors (Lipinski definition) is 4. The van der Waals surface area contributed by atoms with E-state index in [0.29, 0.717) is 17.9 Å². The molecule has 1 saturated heterocycles. The Bertz CT molecular complexity index is 856. The van der Waals surface area contributed by atoms with Crippen LogP contribution in [0.4, 0.5) is 9.18 Å². The lowest BCUT2D eigenvalue weighted by atomic mass is 9.92. The molecular formula is C20H22FN3O3. The first-order valence-electron chi connectivity index (χ1n) is 8.55. The first-order chi connectivity index (χ1) is 12.8. The Balaban J connectivity index is 1.74. The Morgan fingerprint density at radius 3 is 2.56 bits per heavy atom. The minimum atomic E-state index is -1.15. The molecular weight excluding hydrogens is 349 g/mol. The number of methoxy groups -OCH3 is 1. The second-order valence-electron chi connectivity index (χ2n) is 6.80. The molecule has 2 aromatic rings. The van der Waals surface area contributed by atoms with Crippen molar-refractivity contribution < 1.29 is 18.7 Å². The fraction of sp³-hybridized carbons (Fsp3) is 0.300. The number of carbonyl (C=O) groups is 2. The van der Waals surface area contributed by atoms with Gasteiger partial charge in [0.2, 0.25) is 0 Å². The summed E-state index contributed by atoms with van der Waals surface area (Å²) in [5, 5.41) is 2.78. The Hall–Kier alpha value is -2.93. The van der Waals surface area contributed by atoms with Gasteiger partial charge in [-0.2, -0.15) is 0 Å². The lowest BCUT2D eigenvalue weighted by molar-refractivity contribution is -0.132. The van der Waals surface area contributed by atoms with Crippen LogP contribution in [0.2, 0.25) is 0 Å². The van der Waals surface area contributed by atoms with Crippen LogP contribution in [-0.4, -0.2) is 42.6 Å². The molecule has 0 aromatic heterocycles. The first kappa shape index (κ1) is 18.8. The van der Waals surface area contributed by atoms with Gasteiger partial charge in [-0.1, -0.05) is 24.3 Å². The van der Waals surface area contributed by atoms with E-state index < -0.39 is 11.6 Å². The Morgan fingerprint density at radius 2 is 1.89 bits per heavy atom. The van der Waals surface area contributed by atoms with Crippen molar-refractivity contribution in [1.82, 2.24) is 15.1 Å². The lowest BCUT2D eigenvalue weighted by Gasteiger charge is -2.25. The molecule has 0 aliphatic carbocycles. The average molecular weight is 371 g/mol. The summed E-state index contributed by atoms with van der Waals surface area (Å²) in [5.41, 5.74) is 0.396. The summed E-state index contributed by atoms with van der Waals surface area (Å²) >= 11 is 0. The first-order valence-corrected chi connectivity index (χ1v) is 8.55. The fourth-order valence-electron chi connectivity index (χ4n) is 3.15. The second-order valence-corrected chi connectivity index (χ2v) is 6.80. The number of nitrogens with zero attached hydrogens (tertiary/aromatic N) is 2. The molecule has 1 heterocycles. The minimum absolute atomic E-state index is 0.127. The summed E-state index contributed by atoms with van der Waals surface area (Å²) in [6, 6.07) is 12.8. The summed E-state index contributed by atoms with van der Waals surface area (Å²) in [6.07, 6.45) is 0. The van der Waals surface area contributed by atoms with E-state index in [1.807, 2.05) is 4.90 Å². The number of urea groups is 1. The van der Waals surface area contributed by atoms with Crippen LogP contribution in [0.25, 0.3) is 0 Å². The number of benzene rings is 2. The van der Waals surface area contributed by atoms with Crippen molar-refractivity contribution in [2.75, 3.05) is 20.8 Å². The van der Waals surface area contributed by atoms with Gasteiger partial charge in [0.15, 0.2) is 0 Å². The quantitative estimate of drug-likeness (QED) is 0.793. The number of hydrogen-bond donors (Lipinski definition) is 1. The topological polar surface area (TPSA) is 61.9 Å². The molecule has 0 bridgehead atoms. The van der Waals surface area contributed by atoms with Crippen molar-refractivity contribution in [2.24, 2.45) is 0 Å². The molecule has 2 aromatic carbocycles. The lowest BCUT2D eigenvalue weighted by Crippen LogP contribution is -2.42. The molecule has 27 heavy (non-hydrogen) atoms. The van der Waals surface area contributed by atoms with Crippen LogP contribution < -0.4 is 10.1 Å². The van der Waals surface area contributed by atoms with Gasteiger partial charge in [0, 0.05) is 6.54 Å². The summed E-state index contributed by atoms with van der Waals surface area (Å²) in [6.45, 7) is 2.29. The molecule has 1 fully saturated rings. The molecule has 142 valence electrons.